The van der Waals surface area contributed by atoms with Crippen LogP contribution in [0, 0.1) is 5.92 Å². The molecule has 5 unspecified atom stereocenters. The highest BCUT2D eigenvalue weighted by molar-refractivity contribution is 5.04. The summed E-state index contributed by atoms with van der Waals surface area (Å²) in [5.74, 6) is 1.45. The lowest BCUT2D eigenvalue weighted by Gasteiger charge is -2.13. The van der Waals surface area contributed by atoms with Crippen LogP contribution >= 0.6 is 0 Å². The first-order valence-electron chi connectivity index (χ1n) is 6.71. The molecule has 0 spiro atoms. The second-order valence-corrected chi connectivity index (χ2v) is 5.23. The van der Waals surface area contributed by atoms with E-state index in [1.54, 1.807) is 0 Å². The molecule has 1 saturated heterocycles. The van der Waals surface area contributed by atoms with Crippen molar-refractivity contribution in [3.8, 4) is 0 Å². The number of aliphatic hydroxyl groups is 1. The molecule has 1 aliphatic heterocycles. The van der Waals surface area contributed by atoms with Gasteiger partial charge in [-0.15, -0.1) is 0 Å². The van der Waals surface area contributed by atoms with E-state index < -0.39 is 6.10 Å². The van der Waals surface area contributed by atoms with E-state index in [0.29, 0.717) is 24.1 Å². The van der Waals surface area contributed by atoms with Crippen molar-refractivity contribution < 1.29 is 14.4 Å². The number of hydrogen-bond acceptors (Lipinski definition) is 5. The zero-order valence-corrected chi connectivity index (χ0v) is 11.5. The summed E-state index contributed by atoms with van der Waals surface area (Å²) < 4.78 is 11.1. The van der Waals surface area contributed by atoms with E-state index in [1.165, 1.54) is 0 Å². The van der Waals surface area contributed by atoms with Crippen LogP contribution in [0.15, 0.2) is 4.52 Å². The van der Waals surface area contributed by atoms with Crippen LogP contribution in [-0.2, 0) is 4.74 Å². The molecule has 1 aromatic rings. The maximum absolute atomic E-state index is 9.84. The summed E-state index contributed by atoms with van der Waals surface area (Å²) >= 11 is 0. The standard InChI is InChI=1S/C13H22N2O3/c1-5-6-10(16)12-14-13(18-15-12)11-7(2)8(3)17-9(11)4/h7-11,16H,5-6H2,1-4H3. The Morgan fingerprint density at radius 2 is 2.00 bits per heavy atom. The smallest absolute Gasteiger partial charge is 0.232 e. The highest BCUT2D eigenvalue weighted by Gasteiger charge is 2.41. The monoisotopic (exact) mass is 254 g/mol. The van der Waals surface area contributed by atoms with Crippen molar-refractivity contribution in [3.05, 3.63) is 11.7 Å². The van der Waals surface area contributed by atoms with Gasteiger partial charge in [0.25, 0.3) is 0 Å². The molecule has 5 atom stereocenters. The van der Waals surface area contributed by atoms with Crippen molar-refractivity contribution in [1.82, 2.24) is 10.1 Å². The quantitative estimate of drug-likeness (QED) is 0.893. The lowest BCUT2D eigenvalue weighted by molar-refractivity contribution is 0.0542. The fraction of sp³-hybridized carbons (Fsp3) is 0.846. The second-order valence-electron chi connectivity index (χ2n) is 5.23. The Balaban J connectivity index is 2.14. The Kier molecular flexibility index (Phi) is 4.02. The van der Waals surface area contributed by atoms with Gasteiger partial charge in [0.05, 0.1) is 18.1 Å². The Hall–Kier alpha value is -0.940. The molecule has 1 aromatic heterocycles. The zero-order valence-electron chi connectivity index (χ0n) is 11.5. The van der Waals surface area contributed by atoms with Gasteiger partial charge < -0.3 is 14.4 Å². The van der Waals surface area contributed by atoms with E-state index in [1.807, 2.05) is 13.8 Å². The Morgan fingerprint density at radius 3 is 2.56 bits per heavy atom. The largest absolute Gasteiger partial charge is 0.385 e. The summed E-state index contributed by atoms with van der Waals surface area (Å²) in [4.78, 5) is 4.34. The molecule has 0 bridgehead atoms. The SMILES string of the molecule is CCCC(O)c1noc(C2C(C)OC(C)C2C)n1. The van der Waals surface area contributed by atoms with Gasteiger partial charge in [-0.2, -0.15) is 4.98 Å². The van der Waals surface area contributed by atoms with Gasteiger partial charge in [-0.3, -0.25) is 0 Å². The maximum atomic E-state index is 9.84. The van der Waals surface area contributed by atoms with Gasteiger partial charge >= 0.3 is 0 Å². The minimum Gasteiger partial charge on any atom is -0.385 e. The molecule has 2 heterocycles. The Bertz CT molecular complexity index is 393. The average molecular weight is 254 g/mol. The molecule has 0 saturated carbocycles. The van der Waals surface area contributed by atoms with Gasteiger partial charge in [0.15, 0.2) is 5.82 Å². The first-order valence-corrected chi connectivity index (χ1v) is 6.71. The number of ether oxygens (including phenoxy) is 1. The van der Waals surface area contributed by atoms with Crippen molar-refractivity contribution >= 4 is 0 Å². The average Bonchev–Trinajstić information content (AvgIpc) is 2.86. The van der Waals surface area contributed by atoms with Crippen molar-refractivity contribution in [2.24, 2.45) is 5.92 Å². The highest BCUT2D eigenvalue weighted by atomic mass is 16.5. The predicted octanol–water partition coefficient (Wildman–Crippen LogP) is 2.43. The molecule has 0 aromatic carbocycles. The van der Waals surface area contributed by atoms with Gasteiger partial charge in [-0.05, 0) is 26.2 Å². The van der Waals surface area contributed by atoms with Gasteiger partial charge in [-0.25, -0.2) is 0 Å². The van der Waals surface area contributed by atoms with Gasteiger partial charge in [0, 0.05) is 0 Å². The molecule has 1 N–H and O–H groups in total. The molecule has 102 valence electrons. The summed E-state index contributed by atoms with van der Waals surface area (Å²) in [5.41, 5.74) is 0. The lowest BCUT2D eigenvalue weighted by Crippen LogP contribution is -2.15. The molecular weight excluding hydrogens is 232 g/mol. The number of rotatable bonds is 4. The normalized spacial score (nSPS) is 33.8. The summed E-state index contributed by atoms with van der Waals surface area (Å²) in [6, 6.07) is 0. The van der Waals surface area contributed by atoms with Crippen LogP contribution in [-0.4, -0.2) is 27.5 Å². The molecule has 5 heteroatoms. The summed E-state index contributed by atoms with van der Waals surface area (Å²) in [6.45, 7) is 8.23. The van der Waals surface area contributed by atoms with E-state index in [2.05, 4.69) is 24.0 Å². The maximum Gasteiger partial charge on any atom is 0.232 e. The summed E-state index contributed by atoms with van der Waals surface area (Å²) in [5, 5.41) is 13.7. The first kappa shape index (κ1) is 13.5. The number of aromatic nitrogens is 2. The fourth-order valence-electron chi connectivity index (χ4n) is 2.61. The minimum atomic E-state index is -0.627. The van der Waals surface area contributed by atoms with Gasteiger partial charge in [-0.1, -0.05) is 25.4 Å². The molecule has 0 amide bonds. The van der Waals surface area contributed by atoms with Crippen LogP contribution in [0.4, 0.5) is 0 Å². The third-order valence-electron chi connectivity index (χ3n) is 3.84. The number of hydrogen-bond donors (Lipinski definition) is 1. The second kappa shape index (κ2) is 5.36. The summed E-state index contributed by atoms with van der Waals surface area (Å²) in [7, 11) is 0. The molecule has 1 fully saturated rings. The van der Waals surface area contributed by atoms with Crippen molar-refractivity contribution in [2.75, 3.05) is 0 Å². The first-order chi connectivity index (χ1) is 8.54. The zero-order chi connectivity index (χ0) is 13.3. The summed E-state index contributed by atoms with van der Waals surface area (Å²) in [6.07, 6.45) is 1.19. The van der Waals surface area contributed by atoms with Crippen LogP contribution in [0.3, 0.4) is 0 Å². The third-order valence-corrected chi connectivity index (χ3v) is 3.84. The van der Waals surface area contributed by atoms with Crippen LogP contribution in [0.1, 0.15) is 64.3 Å². The van der Waals surface area contributed by atoms with Crippen LogP contribution in [0.2, 0.25) is 0 Å². The molecule has 18 heavy (non-hydrogen) atoms. The van der Waals surface area contributed by atoms with Gasteiger partial charge in [0.1, 0.15) is 6.10 Å². The van der Waals surface area contributed by atoms with Gasteiger partial charge in [0.2, 0.25) is 5.89 Å². The molecule has 5 nitrogen and oxygen atoms in total. The number of aliphatic hydroxyl groups excluding tert-OH is 1. The minimum absolute atomic E-state index is 0.0756. The van der Waals surface area contributed by atoms with E-state index in [4.69, 9.17) is 9.26 Å². The molecular formula is C13H22N2O3. The topological polar surface area (TPSA) is 68.4 Å². The highest BCUT2D eigenvalue weighted by Crippen LogP contribution is 2.39. The molecule has 0 aliphatic carbocycles. The van der Waals surface area contributed by atoms with E-state index in [9.17, 15) is 5.11 Å². The van der Waals surface area contributed by atoms with Crippen LogP contribution < -0.4 is 0 Å². The van der Waals surface area contributed by atoms with E-state index in [0.717, 1.165) is 6.42 Å². The number of nitrogens with zero attached hydrogens (tertiary/aromatic N) is 2. The predicted molar refractivity (Wildman–Crippen MR) is 66.1 cm³/mol. The van der Waals surface area contributed by atoms with Crippen molar-refractivity contribution in [2.45, 2.75) is 64.8 Å². The van der Waals surface area contributed by atoms with Crippen molar-refractivity contribution in [1.29, 1.82) is 0 Å². The molecule has 1 aliphatic rings. The van der Waals surface area contributed by atoms with E-state index >= 15 is 0 Å². The van der Waals surface area contributed by atoms with Crippen molar-refractivity contribution in [3.63, 3.8) is 0 Å². The lowest BCUT2D eigenvalue weighted by atomic mass is 9.89. The molecule has 2 rings (SSSR count). The van der Waals surface area contributed by atoms with Crippen LogP contribution in [0.5, 0.6) is 0 Å². The molecule has 0 radical (unpaired) electrons. The third kappa shape index (κ3) is 2.42. The van der Waals surface area contributed by atoms with Crippen LogP contribution in [0.25, 0.3) is 0 Å². The van der Waals surface area contributed by atoms with E-state index in [-0.39, 0.29) is 18.1 Å². The fourth-order valence-corrected chi connectivity index (χ4v) is 2.61. The Morgan fingerprint density at radius 1 is 1.28 bits per heavy atom. The Labute approximate surface area is 108 Å².